The molecule has 1 aromatic heterocycles. The summed E-state index contributed by atoms with van der Waals surface area (Å²) < 4.78 is 2.10. The molecule has 0 bridgehead atoms. The van der Waals surface area contributed by atoms with Crippen LogP contribution in [0.2, 0.25) is 0 Å². The van der Waals surface area contributed by atoms with Crippen molar-refractivity contribution in [2.24, 2.45) is 0 Å². The van der Waals surface area contributed by atoms with Crippen molar-refractivity contribution in [2.75, 3.05) is 6.54 Å². The fourth-order valence-electron chi connectivity index (χ4n) is 2.51. The summed E-state index contributed by atoms with van der Waals surface area (Å²) in [6.07, 6.45) is 7.08. The van der Waals surface area contributed by atoms with E-state index in [-0.39, 0.29) is 0 Å². The minimum Gasteiger partial charge on any atom is -0.314 e. The highest BCUT2D eigenvalue weighted by atomic mass is 15.3. The monoisotopic (exact) mass is 236 g/mol. The Bertz CT molecular complexity index is 339. The van der Waals surface area contributed by atoms with Crippen LogP contribution >= 0.6 is 0 Å². The van der Waals surface area contributed by atoms with E-state index >= 15 is 0 Å². The van der Waals surface area contributed by atoms with Crippen LogP contribution in [-0.2, 0) is 19.4 Å². The summed E-state index contributed by atoms with van der Waals surface area (Å²) in [7, 11) is 0. The Morgan fingerprint density at radius 1 is 1.35 bits per heavy atom. The number of aryl methyl sites for hydroxylation is 3. The van der Waals surface area contributed by atoms with E-state index in [0.717, 1.165) is 37.1 Å². The van der Waals surface area contributed by atoms with E-state index in [1.165, 1.54) is 32.2 Å². The molecule has 4 heteroatoms. The van der Waals surface area contributed by atoms with E-state index in [2.05, 4.69) is 33.9 Å². The fourth-order valence-corrected chi connectivity index (χ4v) is 2.51. The van der Waals surface area contributed by atoms with Gasteiger partial charge in [0.15, 0.2) is 5.82 Å². The Balaban J connectivity index is 1.82. The molecule has 17 heavy (non-hydrogen) atoms. The van der Waals surface area contributed by atoms with Crippen LogP contribution in [0.5, 0.6) is 0 Å². The number of nitrogens with zero attached hydrogens (tertiary/aromatic N) is 3. The molecule has 0 spiro atoms. The highest BCUT2D eigenvalue weighted by molar-refractivity contribution is 4.92. The standard InChI is InChI=1S/C13H24N4/c1-3-12-15-13(4-2)17(16-12)10-6-8-11-7-5-9-14-11/h11,14H,3-10H2,1-2H3. The van der Waals surface area contributed by atoms with Crippen molar-refractivity contribution in [3.8, 4) is 0 Å². The zero-order valence-electron chi connectivity index (χ0n) is 11.1. The summed E-state index contributed by atoms with van der Waals surface area (Å²) in [6, 6.07) is 0.745. The second-order valence-corrected chi connectivity index (χ2v) is 4.81. The summed E-state index contributed by atoms with van der Waals surface area (Å²) in [6.45, 7) is 6.49. The van der Waals surface area contributed by atoms with Gasteiger partial charge in [0.2, 0.25) is 0 Å². The molecule has 0 aliphatic carbocycles. The normalized spacial score (nSPS) is 20.0. The minimum absolute atomic E-state index is 0.745. The first-order chi connectivity index (χ1) is 8.33. The van der Waals surface area contributed by atoms with Gasteiger partial charge in [-0.05, 0) is 32.2 Å². The van der Waals surface area contributed by atoms with Crippen molar-refractivity contribution < 1.29 is 0 Å². The molecule has 2 heterocycles. The highest BCUT2D eigenvalue weighted by Crippen LogP contribution is 2.12. The van der Waals surface area contributed by atoms with Gasteiger partial charge in [0.25, 0.3) is 0 Å². The molecular weight excluding hydrogens is 212 g/mol. The molecular formula is C13H24N4. The van der Waals surface area contributed by atoms with Gasteiger partial charge in [-0.25, -0.2) is 9.67 Å². The van der Waals surface area contributed by atoms with Crippen LogP contribution in [0.15, 0.2) is 0 Å². The van der Waals surface area contributed by atoms with E-state index in [0.29, 0.717) is 0 Å². The van der Waals surface area contributed by atoms with Crippen molar-refractivity contribution in [1.82, 2.24) is 20.1 Å². The zero-order chi connectivity index (χ0) is 12.1. The molecule has 1 atom stereocenters. The molecule has 0 saturated carbocycles. The Morgan fingerprint density at radius 3 is 2.88 bits per heavy atom. The molecule has 1 N–H and O–H groups in total. The predicted octanol–water partition coefficient (Wildman–Crippen LogP) is 1.94. The van der Waals surface area contributed by atoms with E-state index in [1.54, 1.807) is 0 Å². The first-order valence-corrected chi connectivity index (χ1v) is 6.99. The summed E-state index contributed by atoms with van der Waals surface area (Å²) in [4.78, 5) is 4.53. The maximum absolute atomic E-state index is 4.55. The minimum atomic E-state index is 0.745. The summed E-state index contributed by atoms with van der Waals surface area (Å²) in [5.74, 6) is 2.13. The van der Waals surface area contributed by atoms with Gasteiger partial charge in [0.1, 0.15) is 5.82 Å². The predicted molar refractivity (Wildman–Crippen MR) is 69.0 cm³/mol. The lowest BCUT2D eigenvalue weighted by Gasteiger charge is -2.10. The molecule has 1 aliphatic heterocycles. The number of rotatable bonds is 6. The second kappa shape index (κ2) is 6.15. The largest absolute Gasteiger partial charge is 0.314 e. The van der Waals surface area contributed by atoms with Gasteiger partial charge in [0.05, 0.1) is 0 Å². The molecule has 2 rings (SSSR count). The van der Waals surface area contributed by atoms with Crippen molar-refractivity contribution in [2.45, 2.75) is 65.0 Å². The van der Waals surface area contributed by atoms with Crippen LogP contribution in [0.3, 0.4) is 0 Å². The van der Waals surface area contributed by atoms with Crippen molar-refractivity contribution in [1.29, 1.82) is 0 Å². The number of hydrogen-bond donors (Lipinski definition) is 1. The molecule has 0 aromatic carbocycles. The molecule has 0 radical (unpaired) electrons. The van der Waals surface area contributed by atoms with Gasteiger partial charge < -0.3 is 5.32 Å². The van der Waals surface area contributed by atoms with Crippen LogP contribution < -0.4 is 5.32 Å². The summed E-state index contributed by atoms with van der Waals surface area (Å²) in [5, 5.41) is 8.09. The molecule has 1 unspecified atom stereocenters. The molecule has 96 valence electrons. The number of hydrogen-bond acceptors (Lipinski definition) is 3. The van der Waals surface area contributed by atoms with Gasteiger partial charge in [-0.3, -0.25) is 0 Å². The quantitative estimate of drug-likeness (QED) is 0.820. The van der Waals surface area contributed by atoms with Crippen LogP contribution in [-0.4, -0.2) is 27.4 Å². The Labute approximate surface area is 104 Å². The maximum atomic E-state index is 4.55. The number of nitrogens with one attached hydrogen (secondary N) is 1. The third kappa shape index (κ3) is 3.28. The van der Waals surface area contributed by atoms with Gasteiger partial charge in [0, 0.05) is 25.4 Å². The maximum Gasteiger partial charge on any atom is 0.150 e. The third-order valence-corrected chi connectivity index (χ3v) is 3.51. The Morgan fingerprint density at radius 2 is 2.24 bits per heavy atom. The van der Waals surface area contributed by atoms with Gasteiger partial charge in [-0.15, -0.1) is 0 Å². The molecule has 1 aliphatic rings. The van der Waals surface area contributed by atoms with Crippen molar-refractivity contribution in [3.05, 3.63) is 11.6 Å². The fraction of sp³-hybridized carbons (Fsp3) is 0.846. The van der Waals surface area contributed by atoms with E-state index in [1.807, 2.05) is 0 Å². The topological polar surface area (TPSA) is 42.7 Å². The van der Waals surface area contributed by atoms with Gasteiger partial charge in [-0.2, -0.15) is 5.10 Å². The van der Waals surface area contributed by atoms with Crippen LogP contribution in [0.4, 0.5) is 0 Å². The SMILES string of the molecule is CCc1nc(CC)n(CCCC2CCCN2)n1. The Hall–Kier alpha value is -0.900. The third-order valence-electron chi connectivity index (χ3n) is 3.51. The summed E-state index contributed by atoms with van der Waals surface area (Å²) in [5.41, 5.74) is 0. The second-order valence-electron chi connectivity index (χ2n) is 4.81. The van der Waals surface area contributed by atoms with Crippen LogP contribution in [0.25, 0.3) is 0 Å². The zero-order valence-corrected chi connectivity index (χ0v) is 11.1. The van der Waals surface area contributed by atoms with Crippen molar-refractivity contribution in [3.63, 3.8) is 0 Å². The lowest BCUT2D eigenvalue weighted by Crippen LogP contribution is -2.21. The molecule has 0 amide bonds. The molecule has 4 nitrogen and oxygen atoms in total. The van der Waals surface area contributed by atoms with Crippen LogP contribution in [0.1, 0.15) is 51.2 Å². The lowest BCUT2D eigenvalue weighted by molar-refractivity contribution is 0.474. The molecule has 1 aromatic rings. The average molecular weight is 236 g/mol. The highest BCUT2D eigenvalue weighted by Gasteiger charge is 2.14. The molecule has 1 fully saturated rings. The van der Waals surface area contributed by atoms with E-state index in [4.69, 9.17) is 0 Å². The number of aromatic nitrogens is 3. The molecule has 1 saturated heterocycles. The lowest BCUT2D eigenvalue weighted by atomic mass is 10.1. The van der Waals surface area contributed by atoms with Gasteiger partial charge in [-0.1, -0.05) is 13.8 Å². The summed E-state index contributed by atoms with van der Waals surface area (Å²) >= 11 is 0. The van der Waals surface area contributed by atoms with E-state index in [9.17, 15) is 0 Å². The van der Waals surface area contributed by atoms with Crippen LogP contribution in [0, 0.1) is 0 Å². The van der Waals surface area contributed by atoms with Crippen molar-refractivity contribution >= 4 is 0 Å². The Kier molecular flexibility index (Phi) is 4.54. The first-order valence-electron chi connectivity index (χ1n) is 6.99. The van der Waals surface area contributed by atoms with E-state index < -0.39 is 0 Å². The smallest absolute Gasteiger partial charge is 0.150 e. The average Bonchev–Trinajstić information content (AvgIpc) is 2.98. The first kappa shape index (κ1) is 12.6. The van der Waals surface area contributed by atoms with Gasteiger partial charge >= 0.3 is 0 Å².